The molecule has 0 aromatic heterocycles. The van der Waals surface area contributed by atoms with E-state index in [9.17, 15) is 0 Å². The van der Waals surface area contributed by atoms with E-state index in [0.717, 1.165) is 54.3 Å². The maximum Gasteiger partial charge on any atom is 0.162 e. The van der Waals surface area contributed by atoms with Crippen molar-refractivity contribution >= 4 is 15.9 Å². The van der Waals surface area contributed by atoms with Crippen LogP contribution < -0.4 is 14.8 Å². The van der Waals surface area contributed by atoms with E-state index >= 15 is 0 Å². The zero-order valence-corrected chi connectivity index (χ0v) is 17.4. The average molecular weight is 422 g/mol. The number of hydrogen-bond acceptors (Lipinski definition) is 4. The Morgan fingerprint density at radius 3 is 2.62 bits per heavy atom. The second-order valence-corrected chi connectivity index (χ2v) is 6.89. The number of nitrogens with one attached hydrogen (secondary N) is 1. The maximum atomic E-state index is 6.01. The van der Waals surface area contributed by atoms with E-state index in [4.69, 9.17) is 14.2 Å². The molecule has 0 radical (unpaired) electrons. The number of hydrogen-bond donors (Lipinski definition) is 1. The molecule has 0 aliphatic rings. The molecule has 0 unspecified atom stereocenters. The third-order valence-corrected chi connectivity index (χ3v) is 4.88. The summed E-state index contributed by atoms with van der Waals surface area (Å²) in [5.41, 5.74) is 3.53. The number of benzene rings is 2. The summed E-state index contributed by atoms with van der Waals surface area (Å²) in [5, 5.41) is 3.43. The first-order chi connectivity index (χ1) is 12.7. The van der Waals surface area contributed by atoms with E-state index in [-0.39, 0.29) is 0 Å². The van der Waals surface area contributed by atoms with E-state index in [0.29, 0.717) is 6.61 Å². The minimum atomic E-state index is 0.518. The second-order valence-electron chi connectivity index (χ2n) is 6.04. The zero-order valence-electron chi connectivity index (χ0n) is 15.8. The van der Waals surface area contributed by atoms with Gasteiger partial charge in [-0.25, -0.2) is 0 Å². The van der Waals surface area contributed by atoms with Gasteiger partial charge < -0.3 is 19.5 Å². The van der Waals surface area contributed by atoms with Gasteiger partial charge in [-0.3, -0.25) is 0 Å². The monoisotopic (exact) mass is 421 g/mol. The van der Waals surface area contributed by atoms with Crippen molar-refractivity contribution in [3.05, 3.63) is 57.6 Å². The molecule has 2 rings (SSSR count). The zero-order chi connectivity index (χ0) is 18.8. The van der Waals surface area contributed by atoms with Crippen LogP contribution in [-0.4, -0.2) is 26.9 Å². The highest BCUT2D eigenvalue weighted by Gasteiger charge is 2.11. The number of methoxy groups -OCH3 is 1. The standard InChI is InChI=1S/C21H28BrNO3/c1-4-25-11-7-10-23-14-18-12-20(24-3)21(13-19(18)22)26-15-17-9-6-5-8-16(17)2/h5-6,8-9,12-13,23H,4,7,10-11,14-15H2,1-3H3. The van der Waals surface area contributed by atoms with Crippen LogP contribution in [-0.2, 0) is 17.9 Å². The molecule has 0 fully saturated rings. The summed E-state index contributed by atoms with van der Waals surface area (Å²) in [4.78, 5) is 0. The van der Waals surface area contributed by atoms with Crippen molar-refractivity contribution in [2.24, 2.45) is 0 Å². The van der Waals surface area contributed by atoms with Gasteiger partial charge in [0.2, 0.25) is 0 Å². The van der Waals surface area contributed by atoms with Gasteiger partial charge in [0.15, 0.2) is 11.5 Å². The number of ether oxygens (including phenoxy) is 3. The van der Waals surface area contributed by atoms with E-state index in [1.165, 1.54) is 11.1 Å². The molecule has 0 amide bonds. The Bertz CT molecular complexity index is 691. The van der Waals surface area contributed by atoms with Crippen molar-refractivity contribution in [3.8, 4) is 11.5 Å². The molecule has 0 atom stereocenters. The van der Waals surface area contributed by atoms with Gasteiger partial charge in [-0.05, 0) is 55.6 Å². The highest BCUT2D eigenvalue weighted by molar-refractivity contribution is 9.10. The molecule has 2 aromatic rings. The van der Waals surface area contributed by atoms with Gasteiger partial charge in [0, 0.05) is 24.2 Å². The van der Waals surface area contributed by atoms with Crippen molar-refractivity contribution in [1.29, 1.82) is 0 Å². The summed E-state index contributed by atoms with van der Waals surface area (Å²) in [6, 6.07) is 12.2. The third-order valence-electron chi connectivity index (χ3n) is 4.14. The van der Waals surface area contributed by atoms with Crippen LogP contribution in [0.2, 0.25) is 0 Å². The van der Waals surface area contributed by atoms with E-state index < -0.39 is 0 Å². The normalized spacial score (nSPS) is 10.8. The molecule has 0 bridgehead atoms. The van der Waals surface area contributed by atoms with Crippen LogP contribution in [0.5, 0.6) is 11.5 Å². The molecule has 0 saturated carbocycles. The average Bonchev–Trinajstić information content (AvgIpc) is 2.65. The third kappa shape index (κ3) is 6.31. The van der Waals surface area contributed by atoms with E-state index in [1.807, 2.05) is 31.2 Å². The molecule has 26 heavy (non-hydrogen) atoms. The lowest BCUT2D eigenvalue weighted by Crippen LogP contribution is -2.16. The number of rotatable bonds is 11. The Hall–Kier alpha value is -1.56. The van der Waals surface area contributed by atoms with Crippen molar-refractivity contribution < 1.29 is 14.2 Å². The molecule has 142 valence electrons. The molecule has 0 saturated heterocycles. The highest BCUT2D eigenvalue weighted by atomic mass is 79.9. The summed E-state index contributed by atoms with van der Waals surface area (Å²) in [6.07, 6.45) is 1.00. The van der Waals surface area contributed by atoms with Gasteiger partial charge in [-0.1, -0.05) is 40.2 Å². The molecular formula is C21H28BrNO3. The maximum absolute atomic E-state index is 6.01. The molecule has 2 aromatic carbocycles. The van der Waals surface area contributed by atoms with Gasteiger partial charge in [0.05, 0.1) is 7.11 Å². The predicted molar refractivity (Wildman–Crippen MR) is 109 cm³/mol. The molecule has 0 aliphatic heterocycles. The first-order valence-electron chi connectivity index (χ1n) is 8.97. The smallest absolute Gasteiger partial charge is 0.162 e. The molecular weight excluding hydrogens is 394 g/mol. The minimum Gasteiger partial charge on any atom is -0.493 e. The van der Waals surface area contributed by atoms with Gasteiger partial charge in [0.25, 0.3) is 0 Å². The molecule has 0 heterocycles. The summed E-state index contributed by atoms with van der Waals surface area (Å²) in [6.45, 7) is 7.87. The minimum absolute atomic E-state index is 0.518. The van der Waals surface area contributed by atoms with Crippen LogP contribution in [0, 0.1) is 6.92 Å². The van der Waals surface area contributed by atoms with E-state index in [2.05, 4.69) is 40.3 Å². The highest BCUT2D eigenvalue weighted by Crippen LogP contribution is 2.34. The fraction of sp³-hybridized carbons (Fsp3) is 0.429. The van der Waals surface area contributed by atoms with Crippen molar-refractivity contribution in [2.45, 2.75) is 33.4 Å². The summed E-state index contributed by atoms with van der Waals surface area (Å²) >= 11 is 3.65. The number of aryl methyl sites for hydroxylation is 1. The molecule has 4 nitrogen and oxygen atoms in total. The first kappa shape index (κ1) is 20.7. The second kappa shape index (κ2) is 11.2. The van der Waals surface area contributed by atoms with Crippen LogP contribution in [0.3, 0.4) is 0 Å². The van der Waals surface area contributed by atoms with Crippen molar-refractivity contribution in [1.82, 2.24) is 5.32 Å². The molecule has 1 N–H and O–H groups in total. The molecule has 0 spiro atoms. The molecule has 0 aliphatic carbocycles. The Morgan fingerprint density at radius 2 is 1.88 bits per heavy atom. The lowest BCUT2D eigenvalue weighted by atomic mass is 10.1. The largest absolute Gasteiger partial charge is 0.493 e. The lowest BCUT2D eigenvalue weighted by molar-refractivity contribution is 0.144. The predicted octanol–water partition coefficient (Wildman–Crippen LogP) is 4.86. The van der Waals surface area contributed by atoms with Crippen LogP contribution >= 0.6 is 15.9 Å². The van der Waals surface area contributed by atoms with Crippen LogP contribution in [0.25, 0.3) is 0 Å². The Balaban J connectivity index is 1.96. The Labute approximate surface area is 165 Å². The van der Waals surface area contributed by atoms with Crippen molar-refractivity contribution in [2.75, 3.05) is 26.9 Å². The SMILES string of the molecule is CCOCCCNCc1cc(OC)c(OCc2ccccc2C)cc1Br. The van der Waals surface area contributed by atoms with Crippen LogP contribution in [0.1, 0.15) is 30.0 Å². The molecule has 5 heteroatoms. The van der Waals surface area contributed by atoms with Gasteiger partial charge in [-0.15, -0.1) is 0 Å². The summed E-state index contributed by atoms with van der Waals surface area (Å²) in [5.74, 6) is 1.48. The number of halogens is 1. The van der Waals surface area contributed by atoms with E-state index in [1.54, 1.807) is 7.11 Å². The van der Waals surface area contributed by atoms with Gasteiger partial charge >= 0.3 is 0 Å². The fourth-order valence-corrected chi connectivity index (χ4v) is 3.04. The fourth-order valence-electron chi connectivity index (χ4n) is 2.58. The Morgan fingerprint density at radius 1 is 1.08 bits per heavy atom. The van der Waals surface area contributed by atoms with Crippen LogP contribution in [0.15, 0.2) is 40.9 Å². The Kier molecular flexibility index (Phi) is 8.95. The lowest BCUT2D eigenvalue weighted by Gasteiger charge is -2.15. The summed E-state index contributed by atoms with van der Waals surface area (Å²) < 4.78 is 17.9. The topological polar surface area (TPSA) is 39.7 Å². The quantitative estimate of drug-likeness (QED) is 0.525. The van der Waals surface area contributed by atoms with Gasteiger partial charge in [0.1, 0.15) is 6.61 Å². The van der Waals surface area contributed by atoms with Gasteiger partial charge in [-0.2, -0.15) is 0 Å². The summed E-state index contributed by atoms with van der Waals surface area (Å²) in [7, 11) is 1.67. The van der Waals surface area contributed by atoms with Crippen molar-refractivity contribution in [3.63, 3.8) is 0 Å². The van der Waals surface area contributed by atoms with Crippen LogP contribution in [0.4, 0.5) is 0 Å². The first-order valence-corrected chi connectivity index (χ1v) is 9.77.